The van der Waals surface area contributed by atoms with Gasteiger partial charge < -0.3 is 5.11 Å². The van der Waals surface area contributed by atoms with Gasteiger partial charge >= 0.3 is 5.97 Å². The van der Waals surface area contributed by atoms with Crippen molar-refractivity contribution in [3.8, 4) is 0 Å². The molecule has 0 amide bonds. The summed E-state index contributed by atoms with van der Waals surface area (Å²) < 4.78 is 39.7. The van der Waals surface area contributed by atoms with Crippen molar-refractivity contribution in [3.63, 3.8) is 0 Å². The Morgan fingerprint density at radius 3 is 2.64 bits per heavy atom. The maximum absolute atomic E-state index is 13.0. The van der Waals surface area contributed by atoms with Gasteiger partial charge in [0.25, 0.3) is 10.0 Å². The number of pyridine rings is 1. The number of hydrogen-bond donors (Lipinski definition) is 1. The zero-order valence-electron chi connectivity index (χ0n) is 13.3. The predicted octanol–water partition coefficient (Wildman–Crippen LogP) is 2.46. The Labute approximate surface area is 144 Å². The summed E-state index contributed by atoms with van der Waals surface area (Å²) in [5, 5.41) is 8.93. The zero-order chi connectivity index (χ0) is 18.2. The van der Waals surface area contributed by atoms with E-state index in [9.17, 15) is 17.6 Å². The van der Waals surface area contributed by atoms with Crippen molar-refractivity contribution in [1.82, 2.24) is 4.98 Å². The van der Waals surface area contributed by atoms with E-state index in [4.69, 9.17) is 5.11 Å². The molecule has 1 aliphatic rings. The molecule has 0 atom stereocenters. The van der Waals surface area contributed by atoms with Crippen LogP contribution in [-0.4, -0.2) is 31.0 Å². The lowest BCUT2D eigenvalue weighted by atomic mass is 10.1. The number of fused-ring (bicyclic) bond motifs is 1. The van der Waals surface area contributed by atoms with Crippen LogP contribution in [0.25, 0.3) is 6.08 Å². The molecule has 1 N–H and O–H groups in total. The Morgan fingerprint density at radius 1 is 1.32 bits per heavy atom. The lowest BCUT2D eigenvalue weighted by Gasteiger charge is -2.18. The summed E-state index contributed by atoms with van der Waals surface area (Å²) in [5.41, 5.74) is 1.48. The third kappa shape index (κ3) is 3.25. The largest absolute Gasteiger partial charge is 0.478 e. The van der Waals surface area contributed by atoms with E-state index >= 15 is 0 Å². The van der Waals surface area contributed by atoms with Gasteiger partial charge in [0.2, 0.25) is 0 Å². The van der Waals surface area contributed by atoms with Crippen molar-refractivity contribution in [3.05, 3.63) is 59.0 Å². The van der Waals surface area contributed by atoms with E-state index in [0.29, 0.717) is 17.8 Å². The number of aromatic nitrogens is 1. The van der Waals surface area contributed by atoms with E-state index in [-0.39, 0.29) is 17.0 Å². The SMILES string of the molecule is CC(=Cc1cnc2c(c1)CCN2S(=O)(=O)c1ccc(F)cc1)C(=O)O. The number of hydrogen-bond acceptors (Lipinski definition) is 4. The van der Waals surface area contributed by atoms with E-state index in [0.717, 1.165) is 17.7 Å². The second-order valence-electron chi connectivity index (χ2n) is 5.66. The number of carboxylic acid groups (broad SMARTS) is 1. The molecular formula is C17H15FN2O4S. The average Bonchev–Trinajstić information content (AvgIpc) is 2.99. The number of sulfonamides is 1. The first-order chi connectivity index (χ1) is 11.8. The highest BCUT2D eigenvalue weighted by atomic mass is 32.2. The van der Waals surface area contributed by atoms with Gasteiger partial charge in [-0.25, -0.2) is 26.9 Å². The number of anilines is 1. The molecule has 2 heterocycles. The van der Waals surface area contributed by atoms with Gasteiger partial charge in [0.05, 0.1) is 4.90 Å². The third-order valence-corrected chi connectivity index (χ3v) is 5.71. The molecule has 6 nitrogen and oxygen atoms in total. The quantitative estimate of drug-likeness (QED) is 0.844. The van der Waals surface area contributed by atoms with Crippen LogP contribution in [0.2, 0.25) is 0 Å². The summed E-state index contributed by atoms with van der Waals surface area (Å²) in [6, 6.07) is 6.36. The number of benzene rings is 1. The lowest BCUT2D eigenvalue weighted by molar-refractivity contribution is -0.132. The molecule has 1 aliphatic heterocycles. The van der Waals surface area contributed by atoms with Crippen LogP contribution in [0.4, 0.5) is 10.2 Å². The van der Waals surface area contributed by atoms with Crippen LogP contribution < -0.4 is 4.31 Å². The van der Waals surface area contributed by atoms with E-state index < -0.39 is 21.8 Å². The minimum atomic E-state index is -3.82. The van der Waals surface area contributed by atoms with Gasteiger partial charge in [-0.3, -0.25) is 0 Å². The lowest BCUT2D eigenvalue weighted by Crippen LogP contribution is -2.29. The number of halogens is 1. The van der Waals surface area contributed by atoms with Crippen LogP contribution >= 0.6 is 0 Å². The van der Waals surface area contributed by atoms with Crippen molar-refractivity contribution >= 4 is 27.9 Å². The molecule has 0 unspecified atom stereocenters. The topological polar surface area (TPSA) is 87.6 Å². The molecule has 2 aromatic rings. The Bertz CT molecular complexity index is 969. The van der Waals surface area contributed by atoms with Gasteiger partial charge in [-0.05, 0) is 60.9 Å². The molecule has 0 saturated heterocycles. The summed E-state index contributed by atoms with van der Waals surface area (Å²) in [5.74, 6) is -1.22. The van der Waals surface area contributed by atoms with Crippen LogP contribution in [0.1, 0.15) is 18.1 Å². The molecule has 0 fully saturated rings. The minimum absolute atomic E-state index is 0.00533. The molecular weight excluding hydrogens is 347 g/mol. The van der Waals surface area contributed by atoms with Gasteiger partial charge in [-0.2, -0.15) is 0 Å². The third-order valence-electron chi connectivity index (χ3n) is 3.91. The van der Waals surface area contributed by atoms with Crippen LogP contribution in [-0.2, 0) is 21.2 Å². The number of carbonyl (C=O) groups is 1. The van der Waals surface area contributed by atoms with Crippen molar-refractivity contribution in [2.24, 2.45) is 0 Å². The van der Waals surface area contributed by atoms with E-state index in [2.05, 4.69) is 4.98 Å². The molecule has 3 rings (SSSR count). The van der Waals surface area contributed by atoms with Crippen molar-refractivity contribution in [2.45, 2.75) is 18.2 Å². The standard InChI is InChI=1S/C17H15FN2O4S/c1-11(17(21)22)8-12-9-13-6-7-20(16(13)19-10-12)25(23,24)15-4-2-14(18)3-5-15/h2-5,8-10H,6-7H2,1H3,(H,21,22). The van der Waals surface area contributed by atoms with Gasteiger partial charge in [-0.15, -0.1) is 0 Å². The molecule has 25 heavy (non-hydrogen) atoms. The summed E-state index contributed by atoms with van der Waals surface area (Å²) in [7, 11) is -3.82. The molecule has 0 spiro atoms. The minimum Gasteiger partial charge on any atom is -0.478 e. The Kier molecular flexibility index (Phi) is 4.30. The average molecular weight is 362 g/mol. The summed E-state index contributed by atoms with van der Waals surface area (Å²) in [6.45, 7) is 1.70. The normalized spacial score (nSPS) is 14.5. The Hall–Kier alpha value is -2.74. The van der Waals surface area contributed by atoms with Gasteiger partial charge in [-0.1, -0.05) is 0 Å². The fourth-order valence-corrected chi connectivity index (χ4v) is 4.07. The second-order valence-corrected chi connectivity index (χ2v) is 7.53. The molecule has 130 valence electrons. The number of carboxylic acids is 1. The van der Waals surface area contributed by atoms with E-state index in [1.54, 1.807) is 6.07 Å². The summed E-state index contributed by atoms with van der Waals surface area (Å²) in [4.78, 5) is 15.1. The Balaban J connectivity index is 1.96. The molecule has 1 aromatic heterocycles. The van der Waals surface area contributed by atoms with Gasteiger partial charge in [0.1, 0.15) is 11.6 Å². The Morgan fingerprint density at radius 2 is 2.00 bits per heavy atom. The highest BCUT2D eigenvalue weighted by Crippen LogP contribution is 2.32. The van der Waals surface area contributed by atoms with E-state index in [1.807, 2.05) is 0 Å². The second kappa shape index (κ2) is 6.29. The first kappa shape index (κ1) is 17.1. The maximum atomic E-state index is 13.0. The highest BCUT2D eigenvalue weighted by molar-refractivity contribution is 7.92. The molecule has 0 radical (unpaired) electrons. The summed E-state index contributed by atoms with van der Waals surface area (Å²) >= 11 is 0. The zero-order valence-corrected chi connectivity index (χ0v) is 14.1. The number of nitrogens with zero attached hydrogens (tertiary/aromatic N) is 2. The fraction of sp³-hybridized carbons (Fsp3) is 0.176. The number of aliphatic carboxylic acids is 1. The van der Waals surface area contributed by atoms with Crippen LogP contribution in [0.15, 0.2) is 47.0 Å². The first-order valence-electron chi connectivity index (χ1n) is 7.48. The number of rotatable bonds is 4. The van der Waals surface area contributed by atoms with Gasteiger partial charge in [0.15, 0.2) is 0 Å². The molecule has 8 heteroatoms. The molecule has 0 bridgehead atoms. The first-order valence-corrected chi connectivity index (χ1v) is 8.92. The highest BCUT2D eigenvalue weighted by Gasteiger charge is 2.32. The van der Waals surface area contributed by atoms with Gasteiger partial charge in [0, 0.05) is 18.3 Å². The fourth-order valence-electron chi connectivity index (χ4n) is 2.62. The van der Waals surface area contributed by atoms with Crippen LogP contribution in [0, 0.1) is 5.82 Å². The van der Waals surface area contributed by atoms with Crippen LogP contribution in [0.3, 0.4) is 0 Å². The smallest absolute Gasteiger partial charge is 0.331 e. The van der Waals surface area contributed by atoms with Crippen LogP contribution in [0.5, 0.6) is 0 Å². The summed E-state index contributed by atoms with van der Waals surface area (Å²) in [6.07, 6.45) is 3.38. The predicted molar refractivity (Wildman–Crippen MR) is 90.2 cm³/mol. The molecule has 0 aliphatic carbocycles. The van der Waals surface area contributed by atoms with Crippen molar-refractivity contribution < 1.29 is 22.7 Å². The maximum Gasteiger partial charge on any atom is 0.331 e. The van der Waals surface area contributed by atoms with Crippen molar-refractivity contribution in [2.75, 3.05) is 10.8 Å². The monoisotopic (exact) mass is 362 g/mol. The van der Waals surface area contributed by atoms with Crippen molar-refractivity contribution in [1.29, 1.82) is 0 Å². The van der Waals surface area contributed by atoms with E-state index in [1.165, 1.54) is 35.6 Å². The molecule has 0 saturated carbocycles. The molecule has 1 aromatic carbocycles.